The van der Waals surface area contributed by atoms with Crippen LogP contribution in [0.15, 0.2) is 39.8 Å². The van der Waals surface area contributed by atoms with Crippen molar-refractivity contribution in [2.24, 2.45) is 0 Å². The van der Waals surface area contributed by atoms with Crippen LogP contribution in [-0.4, -0.2) is 58.2 Å². The number of methoxy groups -OCH3 is 3. The van der Waals surface area contributed by atoms with E-state index in [1.165, 1.54) is 21.3 Å². The molecule has 4 aromatic rings. The number of H-pyrrole nitrogens is 1. The quantitative estimate of drug-likeness (QED) is 0.226. The molecule has 3 heterocycles. The van der Waals surface area contributed by atoms with Crippen molar-refractivity contribution >= 4 is 38.3 Å². The maximum absolute atomic E-state index is 13.6. The van der Waals surface area contributed by atoms with Gasteiger partial charge >= 0.3 is 0 Å². The minimum atomic E-state index is -4.19. The molecule has 0 spiro atoms. The van der Waals surface area contributed by atoms with Crippen molar-refractivity contribution in [2.45, 2.75) is 36.0 Å². The highest BCUT2D eigenvalue weighted by Crippen LogP contribution is 2.42. The van der Waals surface area contributed by atoms with E-state index in [1.54, 1.807) is 24.3 Å². The summed E-state index contributed by atoms with van der Waals surface area (Å²) in [5.41, 5.74) is 3.00. The lowest BCUT2D eigenvalue weighted by Gasteiger charge is -2.18. The average molecular weight is 555 g/mol. The normalized spacial score (nSPS) is 17.4. The number of sulfonamides is 1. The maximum Gasteiger partial charge on any atom is 0.270 e. The third-order valence-electron chi connectivity index (χ3n) is 7.18. The third-order valence-corrected chi connectivity index (χ3v) is 8.59. The van der Waals surface area contributed by atoms with E-state index >= 15 is 0 Å². The number of aromatic amines is 1. The van der Waals surface area contributed by atoms with Crippen LogP contribution < -0.4 is 29.6 Å². The van der Waals surface area contributed by atoms with Crippen LogP contribution in [-0.2, 0) is 10.0 Å². The molecule has 1 aliphatic heterocycles. The minimum Gasteiger partial charge on any atom is -0.495 e. The summed E-state index contributed by atoms with van der Waals surface area (Å²) in [6, 6.07) is 8.82. The molecular formula is C26H30N6O6S. The second kappa shape index (κ2) is 9.97. The molecular weight excluding hydrogens is 524 g/mol. The van der Waals surface area contributed by atoms with E-state index in [0.29, 0.717) is 34.1 Å². The molecule has 2 aliphatic rings. The Morgan fingerprint density at radius 3 is 2.33 bits per heavy atom. The molecule has 1 aliphatic carbocycles. The lowest BCUT2D eigenvalue weighted by molar-refractivity contribution is 0.372. The second-order valence-corrected chi connectivity index (χ2v) is 11.4. The van der Waals surface area contributed by atoms with E-state index in [2.05, 4.69) is 30.7 Å². The molecule has 0 radical (unpaired) electrons. The van der Waals surface area contributed by atoms with Crippen LogP contribution in [0.3, 0.4) is 0 Å². The Labute approximate surface area is 225 Å². The Hall–Kier alpha value is -3.97. The fraction of sp³-hybridized carbons (Fsp3) is 0.385. The summed E-state index contributed by atoms with van der Waals surface area (Å²) in [6.07, 6.45) is 3.27. The summed E-state index contributed by atoms with van der Waals surface area (Å²) in [4.78, 5) is -0.117. The van der Waals surface area contributed by atoms with Crippen molar-refractivity contribution < 1.29 is 27.2 Å². The van der Waals surface area contributed by atoms with Gasteiger partial charge in [0.1, 0.15) is 17.2 Å². The van der Waals surface area contributed by atoms with Crippen LogP contribution in [0.5, 0.6) is 17.2 Å². The molecule has 4 N–H and O–H groups in total. The number of nitrogens with one attached hydrogen (secondary N) is 4. The topological polar surface area (TPSA) is 153 Å². The van der Waals surface area contributed by atoms with Crippen molar-refractivity contribution in [3.8, 4) is 17.2 Å². The van der Waals surface area contributed by atoms with Crippen LogP contribution in [0.1, 0.15) is 42.4 Å². The molecule has 0 amide bonds. The van der Waals surface area contributed by atoms with Gasteiger partial charge in [-0.15, -0.1) is 0 Å². The number of anilines is 3. The molecule has 0 bridgehead atoms. The van der Waals surface area contributed by atoms with Crippen molar-refractivity contribution in [2.75, 3.05) is 44.5 Å². The van der Waals surface area contributed by atoms with Gasteiger partial charge in [-0.1, -0.05) is 5.16 Å². The highest BCUT2D eigenvalue weighted by atomic mass is 32.2. The highest BCUT2D eigenvalue weighted by molar-refractivity contribution is 7.93. The number of fused-ring (bicyclic) bond motifs is 1. The number of ether oxygens (including phenoxy) is 3. The number of rotatable bonds is 10. The first kappa shape index (κ1) is 25.3. The van der Waals surface area contributed by atoms with Crippen molar-refractivity contribution in [1.82, 2.24) is 20.7 Å². The zero-order valence-corrected chi connectivity index (χ0v) is 22.6. The van der Waals surface area contributed by atoms with E-state index in [9.17, 15) is 8.42 Å². The fourth-order valence-corrected chi connectivity index (χ4v) is 6.28. The first-order chi connectivity index (χ1) is 18.9. The van der Waals surface area contributed by atoms with Crippen LogP contribution in [0.4, 0.5) is 17.3 Å². The molecule has 0 unspecified atom stereocenters. The number of aromatic nitrogens is 3. The number of hydrogen-bond acceptors (Lipinski definition) is 10. The van der Waals surface area contributed by atoms with Gasteiger partial charge < -0.3 is 29.4 Å². The average Bonchev–Trinajstić information content (AvgIpc) is 3.29. The standard InChI is InChI=1S/C26H30N6O6S/c1-35-21-10-17-20(11-19(21)28-24-12-18(29-30-24)14-4-5-14)38-31-26(17)32-39(33,34)25-22(36-2)8-16(9-23(25)37-3)15-6-7-27-13-15/h8-12,14-15,27H,4-7,13H2,1-3H3,(H,31,32)(H2,28,29,30)/t15-/m1/s1. The van der Waals surface area contributed by atoms with E-state index in [4.69, 9.17) is 18.7 Å². The molecule has 6 rings (SSSR count). The molecule has 1 saturated heterocycles. The van der Waals surface area contributed by atoms with Crippen molar-refractivity contribution in [1.29, 1.82) is 0 Å². The monoisotopic (exact) mass is 554 g/mol. The predicted molar refractivity (Wildman–Crippen MR) is 145 cm³/mol. The number of benzene rings is 2. The fourth-order valence-electron chi connectivity index (χ4n) is 4.97. The Kier molecular flexibility index (Phi) is 6.47. The summed E-state index contributed by atoms with van der Waals surface area (Å²) in [5, 5.41) is 18.4. The number of hydrogen-bond donors (Lipinski definition) is 4. The molecule has 1 atom stereocenters. The van der Waals surface area contributed by atoms with Gasteiger partial charge in [-0.25, -0.2) is 8.42 Å². The van der Waals surface area contributed by atoms with E-state index in [0.717, 1.165) is 43.6 Å². The van der Waals surface area contributed by atoms with Crippen LogP contribution >= 0.6 is 0 Å². The molecule has 13 heteroatoms. The molecule has 12 nitrogen and oxygen atoms in total. The highest BCUT2D eigenvalue weighted by Gasteiger charge is 2.30. The van der Waals surface area contributed by atoms with E-state index in [-0.39, 0.29) is 28.1 Å². The van der Waals surface area contributed by atoms with Gasteiger partial charge in [0, 0.05) is 30.3 Å². The Morgan fingerprint density at radius 1 is 0.949 bits per heavy atom. The van der Waals surface area contributed by atoms with Crippen molar-refractivity contribution in [3.63, 3.8) is 0 Å². The van der Waals surface area contributed by atoms with Crippen molar-refractivity contribution in [3.05, 3.63) is 41.6 Å². The molecule has 39 heavy (non-hydrogen) atoms. The predicted octanol–water partition coefficient (Wildman–Crippen LogP) is 4.08. The maximum atomic E-state index is 13.6. The molecule has 2 aromatic heterocycles. The van der Waals surface area contributed by atoms with E-state index < -0.39 is 10.0 Å². The van der Waals surface area contributed by atoms with Gasteiger partial charge in [0.2, 0.25) is 0 Å². The number of nitrogens with zero attached hydrogens (tertiary/aromatic N) is 2. The van der Waals surface area contributed by atoms with Crippen LogP contribution in [0, 0.1) is 0 Å². The smallest absolute Gasteiger partial charge is 0.270 e. The zero-order valence-electron chi connectivity index (χ0n) is 21.8. The summed E-state index contributed by atoms with van der Waals surface area (Å²) >= 11 is 0. The first-order valence-electron chi connectivity index (χ1n) is 12.7. The van der Waals surface area contributed by atoms with Gasteiger partial charge in [0.05, 0.1) is 32.4 Å². The van der Waals surface area contributed by atoms with Crippen LogP contribution in [0.2, 0.25) is 0 Å². The summed E-state index contributed by atoms with van der Waals surface area (Å²) < 4.78 is 51.9. The zero-order chi connectivity index (χ0) is 27.1. The lowest BCUT2D eigenvalue weighted by Crippen LogP contribution is -2.16. The summed E-state index contributed by atoms with van der Waals surface area (Å²) in [6.45, 7) is 1.71. The van der Waals surface area contributed by atoms with Gasteiger partial charge in [0.15, 0.2) is 22.1 Å². The van der Waals surface area contributed by atoms with Gasteiger partial charge in [-0.05, 0) is 55.5 Å². The Morgan fingerprint density at radius 2 is 1.69 bits per heavy atom. The summed E-state index contributed by atoms with van der Waals surface area (Å²) in [7, 11) is 0.208. The van der Waals surface area contributed by atoms with Gasteiger partial charge in [-0.2, -0.15) is 5.10 Å². The van der Waals surface area contributed by atoms with Gasteiger partial charge in [0.25, 0.3) is 10.0 Å². The minimum absolute atomic E-state index is 0.0128. The van der Waals surface area contributed by atoms with E-state index in [1.807, 2.05) is 6.07 Å². The molecule has 206 valence electrons. The second-order valence-electron chi connectivity index (χ2n) is 9.74. The van der Waals surface area contributed by atoms with Crippen LogP contribution in [0.25, 0.3) is 11.0 Å². The molecule has 1 saturated carbocycles. The summed E-state index contributed by atoms with van der Waals surface area (Å²) in [5.74, 6) is 2.27. The lowest BCUT2D eigenvalue weighted by atomic mass is 9.98. The SMILES string of the molecule is COc1cc2c(NS(=O)(=O)c3c(OC)cc([C@@H]4CCNC4)cc3OC)noc2cc1Nc1cc(C2CC2)[nH]n1. The first-order valence-corrected chi connectivity index (χ1v) is 14.2. The van der Waals surface area contributed by atoms with Gasteiger partial charge in [-0.3, -0.25) is 9.82 Å². The molecule has 2 aromatic carbocycles. The Bertz CT molecular complexity index is 1600. The molecule has 2 fully saturated rings. The largest absolute Gasteiger partial charge is 0.495 e. The Balaban J connectivity index is 1.32. The third kappa shape index (κ3) is 4.83.